The number of halogens is 2. The highest BCUT2D eigenvalue weighted by molar-refractivity contribution is 6.35. The quantitative estimate of drug-likeness (QED) is 0.885. The Morgan fingerprint density at radius 3 is 2.41 bits per heavy atom. The summed E-state index contributed by atoms with van der Waals surface area (Å²) in [4.78, 5) is 0. The molecule has 0 radical (unpaired) electrons. The van der Waals surface area contributed by atoms with Crippen molar-refractivity contribution in [3.8, 4) is 0 Å². The SMILES string of the molecule is Cc1cc(C(N)c2ccc(Cl)cc2Cl)oc1C. The maximum Gasteiger partial charge on any atom is 0.125 e. The van der Waals surface area contributed by atoms with E-state index in [4.69, 9.17) is 33.4 Å². The van der Waals surface area contributed by atoms with Crippen LogP contribution in [0.25, 0.3) is 0 Å². The zero-order valence-electron chi connectivity index (χ0n) is 9.63. The van der Waals surface area contributed by atoms with Crippen LogP contribution in [0.1, 0.15) is 28.7 Å². The Hall–Kier alpha value is -0.960. The zero-order chi connectivity index (χ0) is 12.6. The van der Waals surface area contributed by atoms with Crippen LogP contribution in [0.15, 0.2) is 28.7 Å². The van der Waals surface area contributed by atoms with Crippen molar-refractivity contribution in [2.45, 2.75) is 19.9 Å². The molecule has 0 aliphatic heterocycles. The molecule has 0 saturated heterocycles. The van der Waals surface area contributed by atoms with Gasteiger partial charge < -0.3 is 10.2 Å². The molecular weight excluding hydrogens is 257 g/mol. The topological polar surface area (TPSA) is 39.2 Å². The summed E-state index contributed by atoms with van der Waals surface area (Å²) in [6.45, 7) is 3.90. The van der Waals surface area contributed by atoms with Gasteiger partial charge in [-0.05, 0) is 43.2 Å². The molecule has 2 aromatic rings. The zero-order valence-corrected chi connectivity index (χ0v) is 11.1. The smallest absolute Gasteiger partial charge is 0.125 e. The van der Waals surface area contributed by atoms with Crippen molar-refractivity contribution in [3.63, 3.8) is 0 Å². The summed E-state index contributed by atoms with van der Waals surface area (Å²) in [5.41, 5.74) is 8.02. The summed E-state index contributed by atoms with van der Waals surface area (Å²) in [5, 5.41) is 1.15. The van der Waals surface area contributed by atoms with E-state index in [2.05, 4.69) is 0 Å². The lowest BCUT2D eigenvalue weighted by molar-refractivity contribution is 0.465. The van der Waals surface area contributed by atoms with Gasteiger partial charge in [0, 0.05) is 10.0 Å². The van der Waals surface area contributed by atoms with E-state index in [-0.39, 0.29) is 6.04 Å². The summed E-state index contributed by atoms with van der Waals surface area (Å²) < 4.78 is 5.60. The van der Waals surface area contributed by atoms with Crippen molar-refractivity contribution >= 4 is 23.2 Å². The molecule has 0 spiro atoms. The second-order valence-corrected chi connectivity index (χ2v) is 4.88. The van der Waals surface area contributed by atoms with Crippen molar-refractivity contribution in [2.24, 2.45) is 5.73 Å². The number of rotatable bonds is 2. The molecule has 1 aromatic heterocycles. The van der Waals surface area contributed by atoms with Crippen molar-refractivity contribution in [1.82, 2.24) is 0 Å². The predicted octanol–water partition coefficient (Wildman–Crippen LogP) is 4.25. The molecule has 0 aliphatic rings. The van der Waals surface area contributed by atoms with Gasteiger partial charge in [-0.1, -0.05) is 29.3 Å². The molecule has 0 bridgehead atoms. The molecule has 4 heteroatoms. The Kier molecular flexibility index (Phi) is 3.48. The third-order valence-electron chi connectivity index (χ3n) is 2.79. The molecule has 2 N–H and O–H groups in total. The highest BCUT2D eigenvalue weighted by Gasteiger charge is 2.17. The van der Waals surface area contributed by atoms with Crippen LogP contribution >= 0.6 is 23.2 Å². The Bertz CT molecular complexity index is 529. The number of benzene rings is 1. The van der Waals surface area contributed by atoms with Crippen LogP contribution in [-0.2, 0) is 0 Å². The van der Waals surface area contributed by atoms with Gasteiger partial charge in [0.15, 0.2) is 0 Å². The van der Waals surface area contributed by atoms with Crippen LogP contribution in [0, 0.1) is 13.8 Å². The van der Waals surface area contributed by atoms with Crippen LogP contribution in [0.3, 0.4) is 0 Å². The van der Waals surface area contributed by atoms with Gasteiger partial charge in [0.25, 0.3) is 0 Å². The number of hydrogen-bond acceptors (Lipinski definition) is 2. The van der Waals surface area contributed by atoms with Gasteiger partial charge in [-0.2, -0.15) is 0 Å². The van der Waals surface area contributed by atoms with E-state index < -0.39 is 0 Å². The maximum absolute atomic E-state index is 6.13. The summed E-state index contributed by atoms with van der Waals surface area (Å²) in [6.07, 6.45) is 0. The molecule has 17 heavy (non-hydrogen) atoms. The lowest BCUT2D eigenvalue weighted by atomic mass is 10.1. The molecule has 0 aliphatic carbocycles. The minimum absolute atomic E-state index is 0.368. The second-order valence-electron chi connectivity index (χ2n) is 4.03. The monoisotopic (exact) mass is 269 g/mol. The molecule has 0 fully saturated rings. The lowest BCUT2D eigenvalue weighted by Gasteiger charge is -2.11. The van der Waals surface area contributed by atoms with Gasteiger partial charge >= 0.3 is 0 Å². The van der Waals surface area contributed by atoms with Gasteiger partial charge in [0.05, 0.1) is 6.04 Å². The van der Waals surface area contributed by atoms with E-state index in [9.17, 15) is 0 Å². The third kappa shape index (κ3) is 2.49. The fraction of sp³-hybridized carbons (Fsp3) is 0.231. The first kappa shape index (κ1) is 12.5. The molecule has 1 atom stereocenters. The maximum atomic E-state index is 6.13. The molecule has 0 saturated carbocycles. The van der Waals surface area contributed by atoms with Crippen molar-refractivity contribution in [3.05, 3.63) is 57.0 Å². The first-order valence-electron chi connectivity index (χ1n) is 5.26. The van der Waals surface area contributed by atoms with Crippen LogP contribution in [0.5, 0.6) is 0 Å². The highest BCUT2D eigenvalue weighted by Crippen LogP contribution is 2.30. The van der Waals surface area contributed by atoms with Gasteiger partial charge in [0.2, 0.25) is 0 Å². The van der Waals surface area contributed by atoms with Crippen LogP contribution in [0.4, 0.5) is 0 Å². The van der Waals surface area contributed by atoms with E-state index in [0.717, 1.165) is 16.9 Å². The van der Waals surface area contributed by atoms with Gasteiger partial charge in [0.1, 0.15) is 11.5 Å². The Morgan fingerprint density at radius 2 is 1.88 bits per heavy atom. The number of hydrogen-bond donors (Lipinski definition) is 1. The van der Waals surface area contributed by atoms with Crippen LogP contribution < -0.4 is 5.73 Å². The lowest BCUT2D eigenvalue weighted by Crippen LogP contribution is -2.11. The average Bonchev–Trinajstić information content (AvgIpc) is 2.58. The number of furan rings is 1. The highest BCUT2D eigenvalue weighted by atomic mass is 35.5. The van der Waals surface area contributed by atoms with Gasteiger partial charge in [-0.25, -0.2) is 0 Å². The van der Waals surface area contributed by atoms with Crippen LogP contribution in [-0.4, -0.2) is 0 Å². The molecule has 90 valence electrons. The molecule has 1 unspecified atom stereocenters. The summed E-state index contributed by atoms with van der Waals surface area (Å²) in [5.74, 6) is 1.59. The molecule has 2 nitrogen and oxygen atoms in total. The van der Waals surface area contributed by atoms with Gasteiger partial charge in [-0.15, -0.1) is 0 Å². The Labute approximate surface area is 110 Å². The molecule has 1 heterocycles. The number of nitrogens with two attached hydrogens (primary N) is 1. The van der Waals surface area contributed by atoms with Crippen molar-refractivity contribution in [1.29, 1.82) is 0 Å². The first-order chi connectivity index (χ1) is 7.99. The van der Waals surface area contributed by atoms with Gasteiger partial charge in [-0.3, -0.25) is 0 Å². The standard InChI is InChI=1S/C13H13Cl2NO/c1-7-5-12(17-8(7)2)13(16)10-4-3-9(14)6-11(10)15/h3-6,13H,16H2,1-2H3. The minimum atomic E-state index is -0.368. The fourth-order valence-corrected chi connectivity index (χ4v) is 2.19. The number of aryl methyl sites for hydroxylation is 2. The molecular formula is C13H13Cl2NO. The Morgan fingerprint density at radius 1 is 1.18 bits per heavy atom. The fourth-order valence-electron chi connectivity index (χ4n) is 1.66. The van der Waals surface area contributed by atoms with Crippen molar-refractivity contribution in [2.75, 3.05) is 0 Å². The van der Waals surface area contributed by atoms with Crippen molar-refractivity contribution < 1.29 is 4.42 Å². The minimum Gasteiger partial charge on any atom is -0.464 e. The first-order valence-corrected chi connectivity index (χ1v) is 6.02. The normalized spacial score (nSPS) is 12.8. The van der Waals surface area contributed by atoms with Crippen LogP contribution in [0.2, 0.25) is 10.0 Å². The van der Waals surface area contributed by atoms with E-state index in [1.54, 1.807) is 12.1 Å². The predicted molar refractivity (Wildman–Crippen MR) is 70.7 cm³/mol. The average molecular weight is 270 g/mol. The van der Waals surface area contributed by atoms with E-state index in [0.29, 0.717) is 15.8 Å². The van der Waals surface area contributed by atoms with E-state index in [1.807, 2.05) is 26.0 Å². The molecule has 1 aromatic carbocycles. The second kappa shape index (κ2) is 4.73. The Balaban J connectivity index is 2.39. The van der Waals surface area contributed by atoms with E-state index >= 15 is 0 Å². The summed E-state index contributed by atoms with van der Waals surface area (Å²) in [7, 11) is 0. The summed E-state index contributed by atoms with van der Waals surface area (Å²) >= 11 is 12.0. The summed E-state index contributed by atoms with van der Waals surface area (Å²) in [6, 6.07) is 6.84. The van der Waals surface area contributed by atoms with E-state index in [1.165, 1.54) is 0 Å². The largest absolute Gasteiger partial charge is 0.464 e. The molecule has 2 rings (SSSR count). The third-order valence-corrected chi connectivity index (χ3v) is 3.35. The molecule has 0 amide bonds.